The van der Waals surface area contributed by atoms with Crippen molar-refractivity contribution in [3.8, 4) is 11.5 Å². The molecule has 127 valence electrons. The summed E-state index contributed by atoms with van der Waals surface area (Å²) in [6.45, 7) is 3.96. The van der Waals surface area contributed by atoms with Crippen molar-refractivity contribution in [1.82, 2.24) is 15.0 Å². The molecule has 2 heterocycles. The maximum absolute atomic E-state index is 5.92. The zero-order valence-corrected chi connectivity index (χ0v) is 14.5. The third-order valence-corrected chi connectivity index (χ3v) is 4.03. The first kappa shape index (κ1) is 16.0. The van der Waals surface area contributed by atoms with Gasteiger partial charge in [0, 0.05) is 16.8 Å². The number of fused-ring (bicyclic) bond motifs is 1. The van der Waals surface area contributed by atoms with Gasteiger partial charge in [-0.25, -0.2) is 9.97 Å². The number of hydrogen-bond acceptors (Lipinski definition) is 5. The number of aryl methyl sites for hydroxylation is 2. The quantitative estimate of drug-likeness (QED) is 0.567. The summed E-state index contributed by atoms with van der Waals surface area (Å²) in [6.07, 6.45) is 3.28. The first-order chi connectivity index (χ1) is 12.7. The highest BCUT2D eigenvalue weighted by molar-refractivity contribution is 5.90. The fourth-order valence-corrected chi connectivity index (χ4v) is 2.66. The highest BCUT2D eigenvalue weighted by Crippen LogP contribution is 2.29. The van der Waals surface area contributed by atoms with Crippen LogP contribution in [0.1, 0.15) is 11.3 Å². The van der Waals surface area contributed by atoms with Crippen LogP contribution in [0.5, 0.6) is 11.5 Å². The number of anilines is 2. The van der Waals surface area contributed by atoms with E-state index in [1.807, 2.05) is 62.4 Å². The van der Waals surface area contributed by atoms with Gasteiger partial charge in [0.2, 0.25) is 0 Å². The molecule has 0 aliphatic heterocycles. The number of pyridine rings is 1. The molecule has 0 spiro atoms. The summed E-state index contributed by atoms with van der Waals surface area (Å²) in [5.74, 6) is 2.27. The van der Waals surface area contributed by atoms with E-state index in [0.717, 1.165) is 45.2 Å². The van der Waals surface area contributed by atoms with Crippen LogP contribution in [-0.2, 0) is 0 Å². The first-order valence-corrected chi connectivity index (χ1v) is 8.28. The number of aromatic nitrogens is 3. The van der Waals surface area contributed by atoms with Gasteiger partial charge in [0.05, 0.1) is 11.7 Å². The van der Waals surface area contributed by atoms with Crippen LogP contribution in [0.4, 0.5) is 11.5 Å². The van der Waals surface area contributed by atoms with Crippen molar-refractivity contribution in [3.05, 3.63) is 78.4 Å². The van der Waals surface area contributed by atoms with Crippen LogP contribution >= 0.6 is 0 Å². The molecule has 2 aromatic carbocycles. The Morgan fingerprint density at radius 3 is 2.73 bits per heavy atom. The summed E-state index contributed by atoms with van der Waals surface area (Å²) in [4.78, 5) is 12.9. The molecule has 0 saturated carbocycles. The summed E-state index contributed by atoms with van der Waals surface area (Å²) in [6, 6.07) is 18.5. The molecule has 4 aromatic rings. The highest BCUT2D eigenvalue weighted by Gasteiger charge is 2.07. The third kappa shape index (κ3) is 3.32. The monoisotopic (exact) mass is 341 g/mol. The normalized spacial score (nSPS) is 10.7. The molecular weight excluding hydrogens is 324 g/mol. The molecule has 2 aromatic heterocycles. The van der Waals surface area contributed by atoms with Gasteiger partial charge in [-0.2, -0.15) is 0 Å². The number of nitrogens with zero attached hydrogens (tertiary/aromatic N) is 3. The Kier molecular flexibility index (Phi) is 4.19. The van der Waals surface area contributed by atoms with E-state index in [9.17, 15) is 0 Å². The standard InChI is InChI=1S/C21H17N4O/c1-14-11-16(8-10-20(14)26-17-9-7-15(2)22-12-17)25-21-18-5-3-4-6-19(18)23-13-24-21/h4-13H,1-2H3,(H,23,24,25). The lowest BCUT2D eigenvalue weighted by Gasteiger charge is -2.12. The number of benzene rings is 2. The summed E-state index contributed by atoms with van der Waals surface area (Å²) in [5.41, 5.74) is 3.79. The summed E-state index contributed by atoms with van der Waals surface area (Å²) >= 11 is 0. The van der Waals surface area contributed by atoms with Crippen molar-refractivity contribution in [2.75, 3.05) is 5.32 Å². The lowest BCUT2D eigenvalue weighted by Crippen LogP contribution is -1.97. The van der Waals surface area contributed by atoms with Crippen molar-refractivity contribution in [1.29, 1.82) is 0 Å². The molecule has 26 heavy (non-hydrogen) atoms. The van der Waals surface area contributed by atoms with E-state index in [0.29, 0.717) is 0 Å². The molecule has 0 fully saturated rings. The van der Waals surface area contributed by atoms with Gasteiger partial charge in [0.1, 0.15) is 23.6 Å². The molecule has 4 rings (SSSR count). The zero-order chi connectivity index (χ0) is 17.9. The van der Waals surface area contributed by atoms with Crippen LogP contribution in [-0.4, -0.2) is 15.0 Å². The SMILES string of the molecule is Cc1ccc(Oc2ccc(Nc3ncnc4cc[c]cc34)cc2C)cn1. The molecule has 0 saturated heterocycles. The van der Waals surface area contributed by atoms with Gasteiger partial charge in [-0.3, -0.25) is 4.98 Å². The first-order valence-electron chi connectivity index (χ1n) is 8.28. The van der Waals surface area contributed by atoms with E-state index in [-0.39, 0.29) is 0 Å². The number of ether oxygens (including phenoxy) is 1. The molecule has 5 heteroatoms. The molecule has 0 atom stereocenters. The minimum atomic E-state index is 0.719. The van der Waals surface area contributed by atoms with E-state index in [4.69, 9.17) is 4.74 Å². The van der Waals surface area contributed by atoms with Crippen molar-refractivity contribution in [2.45, 2.75) is 13.8 Å². The molecule has 0 aliphatic carbocycles. The Morgan fingerprint density at radius 1 is 1.00 bits per heavy atom. The topological polar surface area (TPSA) is 59.9 Å². The van der Waals surface area contributed by atoms with Gasteiger partial charge in [0.15, 0.2) is 0 Å². The number of nitrogens with one attached hydrogen (secondary N) is 1. The van der Waals surface area contributed by atoms with E-state index in [1.165, 1.54) is 0 Å². The molecule has 1 N–H and O–H groups in total. The second-order valence-corrected chi connectivity index (χ2v) is 6.01. The maximum Gasteiger partial charge on any atom is 0.145 e. The van der Waals surface area contributed by atoms with Gasteiger partial charge in [-0.15, -0.1) is 0 Å². The van der Waals surface area contributed by atoms with Gasteiger partial charge >= 0.3 is 0 Å². The minimum absolute atomic E-state index is 0.719. The minimum Gasteiger partial charge on any atom is -0.455 e. The summed E-state index contributed by atoms with van der Waals surface area (Å²) in [5, 5.41) is 4.28. The Labute approximate surface area is 151 Å². The maximum atomic E-state index is 5.92. The van der Waals surface area contributed by atoms with Crippen LogP contribution < -0.4 is 10.1 Å². The fourth-order valence-electron chi connectivity index (χ4n) is 2.66. The Bertz CT molecular complexity index is 1060. The fraction of sp³-hybridized carbons (Fsp3) is 0.0952. The summed E-state index contributed by atoms with van der Waals surface area (Å²) in [7, 11) is 0. The number of rotatable bonds is 4. The van der Waals surface area contributed by atoms with Crippen molar-refractivity contribution in [2.24, 2.45) is 0 Å². The van der Waals surface area contributed by atoms with Crippen molar-refractivity contribution < 1.29 is 4.74 Å². The average Bonchev–Trinajstić information content (AvgIpc) is 2.66. The zero-order valence-electron chi connectivity index (χ0n) is 14.5. The molecule has 0 unspecified atom stereocenters. The van der Waals surface area contributed by atoms with Gasteiger partial charge in [-0.05, 0) is 67.9 Å². The van der Waals surface area contributed by atoms with E-state index in [2.05, 4.69) is 26.3 Å². The Morgan fingerprint density at radius 2 is 1.92 bits per heavy atom. The molecule has 1 radical (unpaired) electrons. The van der Waals surface area contributed by atoms with Crippen LogP contribution in [0.15, 0.2) is 61.1 Å². The smallest absolute Gasteiger partial charge is 0.145 e. The van der Waals surface area contributed by atoms with Gasteiger partial charge in [0.25, 0.3) is 0 Å². The Hall–Kier alpha value is -3.47. The van der Waals surface area contributed by atoms with Crippen LogP contribution in [0, 0.1) is 19.9 Å². The molecule has 0 aliphatic rings. The molecule has 0 bridgehead atoms. The van der Waals surface area contributed by atoms with Gasteiger partial charge < -0.3 is 10.1 Å². The van der Waals surface area contributed by atoms with Crippen molar-refractivity contribution >= 4 is 22.4 Å². The van der Waals surface area contributed by atoms with Gasteiger partial charge in [-0.1, -0.05) is 6.07 Å². The Balaban J connectivity index is 1.58. The van der Waals surface area contributed by atoms with E-state index < -0.39 is 0 Å². The second kappa shape index (κ2) is 6.80. The predicted octanol–water partition coefficient (Wildman–Crippen LogP) is 4.98. The third-order valence-electron chi connectivity index (χ3n) is 4.03. The van der Waals surface area contributed by atoms with Crippen LogP contribution in [0.2, 0.25) is 0 Å². The molecule has 5 nitrogen and oxygen atoms in total. The second-order valence-electron chi connectivity index (χ2n) is 6.01. The van der Waals surface area contributed by atoms with Crippen LogP contribution in [0.3, 0.4) is 0 Å². The number of hydrogen-bond donors (Lipinski definition) is 1. The molecule has 0 amide bonds. The highest BCUT2D eigenvalue weighted by atomic mass is 16.5. The van der Waals surface area contributed by atoms with E-state index in [1.54, 1.807) is 12.5 Å². The average molecular weight is 341 g/mol. The molecular formula is C21H17N4O. The summed E-state index contributed by atoms with van der Waals surface area (Å²) < 4.78 is 5.92. The lowest BCUT2D eigenvalue weighted by atomic mass is 10.2. The van der Waals surface area contributed by atoms with Crippen molar-refractivity contribution in [3.63, 3.8) is 0 Å². The predicted molar refractivity (Wildman–Crippen MR) is 102 cm³/mol. The van der Waals surface area contributed by atoms with Crippen LogP contribution in [0.25, 0.3) is 10.9 Å². The lowest BCUT2D eigenvalue weighted by molar-refractivity contribution is 0.476. The largest absolute Gasteiger partial charge is 0.455 e. The van der Waals surface area contributed by atoms with E-state index >= 15 is 0 Å².